The summed E-state index contributed by atoms with van der Waals surface area (Å²) in [4.78, 5) is 28.8. The van der Waals surface area contributed by atoms with Crippen molar-refractivity contribution in [2.24, 2.45) is 0 Å². The third-order valence-corrected chi connectivity index (χ3v) is 6.30. The molecule has 190 valence electrons. The molecule has 0 radical (unpaired) electrons. The van der Waals surface area contributed by atoms with Crippen molar-refractivity contribution in [2.75, 3.05) is 0 Å². The Morgan fingerprint density at radius 1 is 1.00 bits per heavy atom. The van der Waals surface area contributed by atoms with Gasteiger partial charge < -0.3 is 19.9 Å². The lowest BCUT2D eigenvalue weighted by Crippen LogP contribution is -2.45. The molecule has 0 bridgehead atoms. The number of carbonyl (C=O) groups is 2. The predicted octanol–water partition coefficient (Wildman–Crippen LogP) is 4.94. The van der Waals surface area contributed by atoms with Gasteiger partial charge in [0.2, 0.25) is 17.7 Å². The highest BCUT2D eigenvalue weighted by atomic mass is 19.1. The molecule has 9 heteroatoms. The van der Waals surface area contributed by atoms with E-state index < -0.39 is 5.54 Å². The summed E-state index contributed by atoms with van der Waals surface area (Å²) in [6, 6.07) is 13.1. The molecular weight excluding hydrogens is 463 g/mol. The minimum atomic E-state index is -0.598. The van der Waals surface area contributed by atoms with Crippen molar-refractivity contribution in [3.8, 4) is 11.5 Å². The van der Waals surface area contributed by atoms with Crippen LogP contribution < -0.4 is 15.4 Å². The van der Waals surface area contributed by atoms with Gasteiger partial charge in [-0.2, -0.15) is 4.98 Å². The van der Waals surface area contributed by atoms with Gasteiger partial charge in [0.1, 0.15) is 22.9 Å². The van der Waals surface area contributed by atoms with E-state index in [4.69, 9.17) is 9.26 Å². The Morgan fingerprint density at radius 3 is 2.28 bits per heavy atom. The average Bonchev–Trinajstić information content (AvgIpc) is 3.23. The second-order valence-corrected chi connectivity index (χ2v) is 9.17. The monoisotopic (exact) mass is 494 g/mol. The molecule has 1 heterocycles. The van der Waals surface area contributed by atoms with Crippen LogP contribution in [0.2, 0.25) is 0 Å². The standard InChI is InChI=1S/C27H31FN4O4/c1-19(33)31-27(16-4-2-3-5-17-27)26-30-25(36-32-26)15-14-24(34)29-18-20-6-10-22(11-7-20)35-23-12-8-21(28)9-13-23/h6-13H,2-5,14-18H2,1H3,(H,29,34)(H,31,33). The van der Waals surface area contributed by atoms with Crippen LogP contribution >= 0.6 is 0 Å². The van der Waals surface area contributed by atoms with Crippen molar-refractivity contribution >= 4 is 11.8 Å². The molecule has 3 aromatic rings. The summed E-state index contributed by atoms with van der Waals surface area (Å²) in [6.07, 6.45) is 6.31. The van der Waals surface area contributed by atoms with Gasteiger partial charge in [-0.3, -0.25) is 9.59 Å². The maximum atomic E-state index is 13.0. The average molecular weight is 495 g/mol. The van der Waals surface area contributed by atoms with Gasteiger partial charge in [0.15, 0.2) is 5.82 Å². The van der Waals surface area contributed by atoms with Crippen molar-refractivity contribution in [2.45, 2.75) is 70.4 Å². The fourth-order valence-corrected chi connectivity index (χ4v) is 4.45. The van der Waals surface area contributed by atoms with Crippen molar-refractivity contribution in [1.82, 2.24) is 20.8 Å². The molecule has 2 amide bonds. The Kier molecular flexibility index (Phi) is 8.30. The van der Waals surface area contributed by atoms with Gasteiger partial charge in [-0.05, 0) is 54.8 Å². The van der Waals surface area contributed by atoms with Gasteiger partial charge in [0.25, 0.3) is 0 Å². The van der Waals surface area contributed by atoms with E-state index >= 15 is 0 Å². The normalized spacial score (nSPS) is 15.1. The Morgan fingerprint density at radius 2 is 1.64 bits per heavy atom. The number of benzene rings is 2. The molecule has 0 atom stereocenters. The van der Waals surface area contributed by atoms with Crippen LogP contribution in [0.25, 0.3) is 0 Å². The quantitative estimate of drug-likeness (QED) is 0.408. The Bertz CT molecular complexity index is 1150. The van der Waals surface area contributed by atoms with E-state index in [1.165, 1.54) is 19.1 Å². The summed E-state index contributed by atoms with van der Waals surface area (Å²) in [7, 11) is 0. The zero-order valence-corrected chi connectivity index (χ0v) is 20.4. The molecule has 1 saturated carbocycles. The first-order chi connectivity index (χ1) is 17.4. The Labute approximate surface area is 209 Å². The molecule has 1 fully saturated rings. The SMILES string of the molecule is CC(=O)NC1(c2noc(CCC(=O)NCc3ccc(Oc4ccc(F)cc4)cc3)n2)CCCCCC1. The highest BCUT2D eigenvalue weighted by Gasteiger charge is 2.38. The fourth-order valence-electron chi connectivity index (χ4n) is 4.45. The van der Waals surface area contributed by atoms with Gasteiger partial charge in [0.05, 0.1) is 0 Å². The van der Waals surface area contributed by atoms with E-state index in [0.717, 1.165) is 44.1 Å². The summed E-state index contributed by atoms with van der Waals surface area (Å²) in [5, 5.41) is 10.1. The van der Waals surface area contributed by atoms with E-state index in [1.54, 1.807) is 24.3 Å². The smallest absolute Gasteiger partial charge is 0.227 e. The molecule has 2 N–H and O–H groups in total. The van der Waals surface area contributed by atoms with Crippen LogP contribution in [0.15, 0.2) is 53.1 Å². The summed E-state index contributed by atoms with van der Waals surface area (Å²) < 4.78 is 24.1. The highest BCUT2D eigenvalue weighted by molar-refractivity contribution is 5.76. The summed E-state index contributed by atoms with van der Waals surface area (Å²) >= 11 is 0. The molecule has 2 aromatic carbocycles. The van der Waals surface area contributed by atoms with Crippen LogP contribution in [0, 0.1) is 5.82 Å². The maximum Gasteiger partial charge on any atom is 0.227 e. The third-order valence-electron chi connectivity index (χ3n) is 6.30. The number of hydrogen-bond donors (Lipinski definition) is 2. The number of hydrogen-bond acceptors (Lipinski definition) is 6. The van der Waals surface area contributed by atoms with Gasteiger partial charge in [-0.15, -0.1) is 0 Å². The van der Waals surface area contributed by atoms with Crippen LogP contribution in [-0.4, -0.2) is 22.0 Å². The lowest BCUT2D eigenvalue weighted by molar-refractivity contribution is -0.122. The van der Waals surface area contributed by atoms with E-state index in [9.17, 15) is 14.0 Å². The van der Waals surface area contributed by atoms with E-state index in [2.05, 4.69) is 20.8 Å². The highest BCUT2D eigenvalue weighted by Crippen LogP contribution is 2.34. The van der Waals surface area contributed by atoms with E-state index in [-0.39, 0.29) is 24.1 Å². The van der Waals surface area contributed by atoms with Crippen LogP contribution in [0.4, 0.5) is 4.39 Å². The summed E-state index contributed by atoms with van der Waals surface area (Å²) in [6.45, 7) is 1.88. The van der Waals surface area contributed by atoms with Gasteiger partial charge in [-0.25, -0.2) is 4.39 Å². The summed E-state index contributed by atoms with van der Waals surface area (Å²) in [5.41, 5.74) is 0.319. The van der Waals surface area contributed by atoms with Crippen LogP contribution in [0.3, 0.4) is 0 Å². The first-order valence-corrected chi connectivity index (χ1v) is 12.3. The van der Waals surface area contributed by atoms with Gasteiger partial charge in [-0.1, -0.05) is 43.0 Å². The minimum Gasteiger partial charge on any atom is -0.457 e. The van der Waals surface area contributed by atoms with E-state index in [0.29, 0.717) is 36.2 Å². The first-order valence-electron chi connectivity index (χ1n) is 12.3. The molecule has 0 aliphatic heterocycles. The van der Waals surface area contributed by atoms with Crippen molar-refractivity contribution in [3.63, 3.8) is 0 Å². The lowest BCUT2D eigenvalue weighted by Gasteiger charge is -2.30. The van der Waals surface area contributed by atoms with Crippen LogP contribution in [0.1, 0.15) is 69.1 Å². The lowest BCUT2D eigenvalue weighted by atomic mass is 9.89. The van der Waals surface area contributed by atoms with Gasteiger partial charge in [0, 0.05) is 26.3 Å². The van der Waals surface area contributed by atoms with Crippen molar-refractivity contribution in [1.29, 1.82) is 0 Å². The Hall–Kier alpha value is -3.75. The number of ether oxygens (including phenoxy) is 1. The number of halogens is 1. The first kappa shape index (κ1) is 25.3. The number of nitrogens with one attached hydrogen (secondary N) is 2. The molecule has 0 saturated heterocycles. The number of amides is 2. The minimum absolute atomic E-state index is 0.113. The largest absolute Gasteiger partial charge is 0.457 e. The van der Waals surface area contributed by atoms with Crippen LogP contribution in [0.5, 0.6) is 11.5 Å². The molecule has 1 aliphatic carbocycles. The molecule has 8 nitrogen and oxygen atoms in total. The topological polar surface area (TPSA) is 106 Å². The fraction of sp³-hybridized carbons (Fsp3) is 0.407. The zero-order chi connectivity index (χ0) is 25.4. The molecule has 1 aromatic heterocycles. The molecule has 1 aliphatic rings. The Balaban J connectivity index is 1.26. The molecular formula is C27H31FN4O4. The molecule has 0 spiro atoms. The molecule has 0 unspecified atom stereocenters. The van der Waals surface area contributed by atoms with Crippen molar-refractivity contribution in [3.05, 3.63) is 71.6 Å². The maximum absolute atomic E-state index is 13.0. The number of aromatic nitrogens is 2. The third kappa shape index (κ3) is 6.90. The molecule has 36 heavy (non-hydrogen) atoms. The second kappa shape index (κ2) is 11.8. The van der Waals surface area contributed by atoms with Crippen molar-refractivity contribution < 1.29 is 23.2 Å². The van der Waals surface area contributed by atoms with Crippen LogP contribution in [-0.2, 0) is 28.1 Å². The number of rotatable bonds is 9. The number of nitrogens with zero attached hydrogens (tertiary/aromatic N) is 2. The summed E-state index contributed by atoms with van der Waals surface area (Å²) in [5.74, 6) is 1.49. The number of carbonyl (C=O) groups excluding carboxylic acids is 2. The number of aryl methyl sites for hydroxylation is 1. The predicted molar refractivity (Wildman–Crippen MR) is 131 cm³/mol. The van der Waals surface area contributed by atoms with Gasteiger partial charge >= 0.3 is 0 Å². The van der Waals surface area contributed by atoms with E-state index in [1.807, 2.05) is 12.1 Å². The second-order valence-electron chi connectivity index (χ2n) is 9.17. The zero-order valence-electron chi connectivity index (χ0n) is 20.4. The molecule has 4 rings (SSSR count).